The number of hydrogen-bond donors (Lipinski definition) is 3. The molecule has 1 aliphatic heterocycles. The number of phenolic OH excluding ortho intramolecular Hbond substituents is 1. The number of aromatic nitrogens is 2. The van der Waals surface area contributed by atoms with Gasteiger partial charge in [0.15, 0.2) is 0 Å². The number of nitrogens with one attached hydrogen (secondary N) is 2. The number of phenols is 1. The third kappa shape index (κ3) is 5.68. The van der Waals surface area contributed by atoms with Crippen molar-refractivity contribution in [1.82, 2.24) is 14.7 Å². The summed E-state index contributed by atoms with van der Waals surface area (Å²) >= 11 is 1.66. The monoisotopic (exact) mass is 435 g/mol. The molecule has 0 atom stereocenters. The van der Waals surface area contributed by atoms with Crippen LogP contribution < -0.4 is 14.9 Å². The van der Waals surface area contributed by atoms with Gasteiger partial charge < -0.3 is 15.3 Å². The van der Waals surface area contributed by atoms with E-state index in [-0.39, 0.29) is 0 Å². The topological polar surface area (TPSA) is 73.3 Å². The van der Waals surface area contributed by atoms with Crippen molar-refractivity contribution in [3.8, 4) is 5.75 Å². The standard InChI is InChI=1S/C24H29N5OS/c1-17(2)11-14-26-31-21-8-5-19(6-9-21)27-24-25-13-12-23(28-24)29-15-3-4-18-16-20(30)7-10-22(18)29/h5-10,12-13,16-17,26,30H,3-4,11,14-15H2,1-2H3,(H,25,27,28). The molecule has 162 valence electrons. The predicted octanol–water partition coefficient (Wildman–Crippen LogP) is 5.65. The summed E-state index contributed by atoms with van der Waals surface area (Å²) in [6.07, 6.45) is 4.94. The fourth-order valence-electron chi connectivity index (χ4n) is 3.60. The first kappa shape index (κ1) is 21.5. The first-order valence-corrected chi connectivity index (χ1v) is 11.6. The predicted molar refractivity (Wildman–Crippen MR) is 129 cm³/mol. The van der Waals surface area contributed by atoms with Crippen molar-refractivity contribution >= 4 is 35.1 Å². The lowest BCUT2D eigenvalue weighted by Gasteiger charge is -2.30. The number of nitrogens with zero attached hydrogens (tertiary/aromatic N) is 3. The van der Waals surface area contributed by atoms with Crippen LogP contribution >= 0.6 is 11.9 Å². The fourth-order valence-corrected chi connectivity index (χ4v) is 4.26. The number of fused-ring (bicyclic) bond motifs is 1. The molecule has 0 aliphatic carbocycles. The number of anilines is 4. The molecule has 3 N–H and O–H groups in total. The molecule has 1 aromatic heterocycles. The number of hydrogen-bond acceptors (Lipinski definition) is 7. The zero-order valence-electron chi connectivity index (χ0n) is 18.0. The third-order valence-corrected chi connectivity index (χ3v) is 6.08. The Balaban J connectivity index is 1.42. The van der Waals surface area contributed by atoms with Crippen LogP contribution in [-0.4, -0.2) is 28.2 Å². The van der Waals surface area contributed by atoms with Gasteiger partial charge in [0, 0.05) is 35.6 Å². The van der Waals surface area contributed by atoms with Crippen LogP contribution in [0.2, 0.25) is 0 Å². The second-order valence-electron chi connectivity index (χ2n) is 8.13. The van der Waals surface area contributed by atoms with Gasteiger partial charge in [-0.05, 0) is 91.2 Å². The Hall–Kier alpha value is -2.77. The van der Waals surface area contributed by atoms with Crippen molar-refractivity contribution < 1.29 is 5.11 Å². The minimum Gasteiger partial charge on any atom is -0.508 e. The summed E-state index contributed by atoms with van der Waals surface area (Å²) in [4.78, 5) is 12.5. The molecule has 31 heavy (non-hydrogen) atoms. The highest BCUT2D eigenvalue weighted by Gasteiger charge is 2.20. The first-order chi connectivity index (χ1) is 15.1. The molecule has 0 saturated carbocycles. The molecule has 7 heteroatoms. The van der Waals surface area contributed by atoms with Crippen molar-refractivity contribution in [1.29, 1.82) is 0 Å². The SMILES string of the molecule is CC(C)CCNSc1ccc(Nc2nccc(N3CCCc4cc(O)ccc43)n2)cc1. The Bertz CT molecular complexity index is 1010. The Labute approximate surface area is 188 Å². The van der Waals surface area contributed by atoms with Gasteiger partial charge in [0.05, 0.1) is 0 Å². The largest absolute Gasteiger partial charge is 0.508 e. The van der Waals surface area contributed by atoms with Crippen LogP contribution in [0.3, 0.4) is 0 Å². The Kier molecular flexibility index (Phi) is 6.94. The second-order valence-corrected chi connectivity index (χ2v) is 9.10. The molecule has 6 nitrogen and oxygen atoms in total. The molecular formula is C24H29N5OS. The van der Waals surface area contributed by atoms with Gasteiger partial charge in [-0.1, -0.05) is 13.8 Å². The number of benzene rings is 2. The molecule has 0 fully saturated rings. The van der Waals surface area contributed by atoms with E-state index in [2.05, 4.69) is 45.9 Å². The smallest absolute Gasteiger partial charge is 0.229 e. The summed E-state index contributed by atoms with van der Waals surface area (Å²) in [5, 5.41) is 13.1. The lowest BCUT2D eigenvalue weighted by molar-refractivity contribution is 0.474. The van der Waals surface area contributed by atoms with Gasteiger partial charge in [-0.25, -0.2) is 4.98 Å². The highest BCUT2D eigenvalue weighted by molar-refractivity contribution is 7.97. The molecule has 2 heterocycles. The molecule has 3 aromatic rings. The van der Waals surface area contributed by atoms with E-state index in [1.807, 2.05) is 30.3 Å². The van der Waals surface area contributed by atoms with E-state index in [9.17, 15) is 5.11 Å². The van der Waals surface area contributed by atoms with Crippen LogP contribution in [-0.2, 0) is 6.42 Å². The van der Waals surface area contributed by atoms with Crippen molar-refractivity contribution in [2.45, 2.75) is 38.0 Å². The fraction of sp³-hybridized carbons (Fsp3) is 0.333. The van der Waals surface area contributed by atoms with Crippen molar-refractivity contribution in [2.24, 2.45) is 5.92 Å². The van der Waals surface area contributed by atoms with Crippen LogP contribution in [0.4, 0.5) is 23.1 Å². The van der Waals surface area contributed by atoms with E-state index in [1.165, 1.54) is 11.3 Å². The summed E-state index contributed by atoms with van der Waals surface area (Å²) in [6, 6.07) is 15.7. The molecule has 0 unspecified atom stereocenters. The summed E-state index contributed by atoms with van der Waals surface area (Å²) in [6.45, 7) is 6.36. The maximum atomic E-state index is 9.80. The summed E-state index contributed by atoms with van der Waals surface area (Å²) in [5.41, 5.74) is 3.20. The second kappa shape index (κ2) is 10.0. The van der Waals surface area contributed by atoms with Crippen LogP contribution in [0.15, 0.2) is 59.6 Å². The molecule has 0 radical (unpaired) electrons. The Morgan fingerprint density at radius 1 is 1.13 bits per heavy atom. The summed E-state index contributed by atoms with van der Waals surface area (Å²) in [7, 11) is 0. The number of aryl methyl sites for hydroxylation is 1. The highest BCUT2D eigenvalue weighted by atomic mass is 32.2. The molecule has 1 aliphatic rings. The third-order valence-electron chi connectivity index (χ3n) is 5.22. The van der Waals surface area contributed by atoms with Crippen molar-refractivity contribution in [3.05, 3.63) is 60.3 Å². The zero-order chi connectivity index (χ0) is 21.6. The summed E-state index contributed by atoms with van der Waals surface area (Å²) < 4.78 is 3.41. The lowest BCUT2D eigenvalue weighted by Crippen LogP contribution is -2.25. The molecule has 4 rings (SSSR count). The van der Waals surface area contributed by atoms with E-state index < -0.39 is 0 Å². The zero-order valence-corrected chi connectivity index (χ0v) is 18.8. The van der Waals surface area contributed by atoms with E-state index >= 15 is 0 Å². The van der Waals surface area contributed by atoms with Gasteiger partial charge in [-0.15, -0.1) is 0 Å². The summed E-state index contributed by atoms with van der Waals surface area (Å²) in [5.74, 6) is 2.44. The van der Waals surface area contributed by atoms with Crippen LogP contribution in [0.1, 0.15) is 32.3 Å². The van der Waals surface area contributed by atoms with Crippen molar-refractivity contribution in [2.75, 3.05) is 23.3 Å². The Morgan fingerprint density at radius 2 is 1.97 bits per heavy atom. The molecule has 0 bridgehead atoms. The maximum Gasteiger partial charge on any atom is 0.229 e. The minimum absolute atomic E-state index is 0.308. The molecular weight excluding hydrogens is 406 g/mol. The highest BCUT2D eigenvalue weighted by Crippen LogP contribution is 2.34. The van der Waals surface area contributed by atoms with E-state index in [4.69, 9.17) is 4.98 Å². The van der Waals surface area contributed by atoms with Gasteiger partial charge in [-0.3, -0.25) is 4.72 Å². The van der Waals surface area contributed by atoms with Gasteiger partial charge in [0.2, 0.25) is 5.95 Å². The van der Waals surface area contributed by atoms with Gasteiger partial charge in [0.1, 0.15) is 11.6 Å². The quantitative estimate of drug-likeness (QED) is 0.312. The first-order valence-electron chi connectivity index (χ1n) is 10.8. The molecule has 0 amide bonds. The Morgan fingerprint density at radius 3 is 2.77 bits per heavy atom. The lowest BCUT2D eigenvalue weighted by atomic mass is 10.0. The number of aromatic hydroxyl groups is 1. The van der Waals surface area contributed by atoms with Gasteiger partial charge in [-0.2, -0.15) is 4.98 Å². The van der Waals surface area contributed by atoms with Crippen LogP contribution in [0, 0.1) is 5.92 Å². The van der Waals surface area contributed by atoms with Crippen LogP contribution in [0.25, 0.3) is 0 Å². The van der Waals surface area contributed by atoms with E-state index in [1.54, 1.807) is 24.2 Å². The van der Waals surface area contributed by atoms with Gasteiger partial charge in [0.25, 0.3) is 0 Å². The average molecular weight is 436 g/mol. The normalized spacial score (nSPS) is 13.3. The molecule has 2 aromatic carbocycles. The average Bonchev–Trinajstić information content (AvgIpc) is 2.77. The molecule has 0 saturated heterocycles. The number of rotatable bonds is 8. The molecule has 0 spiro atoms. The maximum absolute atomic E-state index is 9.80. The van der Waals surface area contributed by atoms with Crippen LogP contribution in [0.5, 0.6) is 5.75 Å². The van der Waals surface area contributed by atoms with E-state index in [0.717, 1.165) is 48.7 Å². The van der Waals surface area contributed by atoms with Crippen molar-refractivity contribution in [3.63, 3.8) is 0 Å². The van der Waals surface area contributed by atoms with Gasteiger partial charge >= 0.3 is 0 Å². The minimum atomic E-state index is 0.308. The van der Waals surface area contributed by atoms with E-state index in [0.29, 0.717) is 17.6 Å².